The number of rotatable bonds is 3. The van der Waals surface area contributed by atoms with Crippen molar-refractivity contribution >= 4 is 11.6 Å². The van der Waals surface area contributed by atoms with Crippen molar-refractivity contribution in [2.45, 2.75) is 45.6 Å². The van der Waals surface area contributed by atoms with Crippen LogP contribution in [0.4, 0.5) is 5.69 Å². The Labute approximate surface area is 122 Å². The van der Waals surface area contributed by atoms with Gasteiger partial charge in [0.1, 0.15) is 0 Å². The zero-order valence-electron chi connectivity index (χ0n) is 13.1. The molecule has 0 spiro atoms. The lowest BCUT2D eigenvalue weighted by atomic mass is 9.75. The minimum absolute atomic E-state index is 0.0541. The molecular formula is C17H26N2O. The van der Waals surface area contributed by atoms with Gasteiger partial charge < -0.3 is 10.2 Å². The molecule has 0 saturated heterocycles. The van der Waals surface area contributed by atoms with Gasteiger partial charge in [0.2, 0.25) is 0 Å². The summed E-state index contributed by atoms with van der Waals surface area (Å²) >= 11 is 0. The molecule has 1 aromatic carbocycles. The van der Waals surface area contributed by atoms with E-state index in [-0.39, 0.29) is 5.91 Å². The van der Waals surface area contributed by atoms with Crippen LogP contribution in [0.3, 0.4) is 0 Å². The van der Waals surface area contributed by atoms with E-state index in [4.69, 9.17) is 0 Å². The number of hydrogen-bond acceptors (Lipinski definition) is 2. The Hall–Kier alpha value is -1.51. The molecule has 2 rings (SSSR count). The summed E-state index contributed by atoms with van der Waals surface area (Å²) in [5, 5.41) is 3.58. The van der Waals surface area contributed by atoms with Crippen LogP contribution >= 0.6 is 0 Å². The van der Waals surface area contributed by atoms with Crippen LogP contribution < -0.4 is 5.32 Å². The molecule has 1 aliphatic carbocycles. The van der Waals surface area contributed by atoms with Crippen molar-refractivity contribution in [2.75, 3.05) is 19.4 Å². The summed E-state index contributed by atoms with van der Waals surface area (Å²) in [6, 6.07) is 8.37. The molecule has 0 bridgehead atoms. The van der Waals surface area contributed by atoms with Crippen molar-refractivity contribution < 1.29 is 4.79 Å². The number of nitrogens with zero attached hydrogens (tertiary/aromatic N) is 1. The minimum Gasteiger partial charge on any atom is -0.382 e. The van der Waals surface area contributed by atoms with E-state index in [9.17, 15) is 4.79 Å². The van der Waals surface area contributed by atoms with Gasteiger partial charge in [-0.15, -0.1) is 0 Å². The summed E-state index contributed by atoms with van der Waals surface area (Å²) in [6.07, 6.45) is 4.94. The Morgan fingerprint density at radius 1 is 1.25 bits per heavy atom. The van der Waals surface area contributed by atoms with Crippen LogP contribution in [0.15, 0.2) is 24.3 Å². The predicted octanol–water partition coefficient (Wildman–Crippen LogP) is 3.77. The molecule has 0 aliphatic heterocycles. The van der Waals surface area contributed by atoms with Gasteiger partial charge in [0.25, 0.3) is 5.91 Å². The van der Waals surface area contributed by atoms with E-state index in [2.05, 4.69) is 19.2 Å². The Kier molecular flexibility index (Phi) is 4.36. The van der Waals surface area contributed by atoms with Crippen LogP contribution in [0, 0.1) is 5.41 Å². The van der Waals surface area contributed by atoms with E-state index >= 15 is 0 Å². The Morgan fingerprint density at radius 2 is 1.90 bits per heavy atom. The first-order valence-corrected chi connectivity index (χ1v) is 7.46. The third kappa shape index (κ3) is 3.75. The van der Waals surface area contributed by atoms with Crippen LogP contribution in [-0.2, 0) is 0 Å². The van der Waals surface area contributed by atoms with Gasteiger partial charge in [0, 0.05) is 31.4 Å². The molecule has 1 N–H and O–H groups in total. The lowest BCUT2D eigenvalue weighted by molar-refractivity contribution is 0.0827. The van der Waals surface area contributed by atoms with Crippen molar-refractivity contribution in [3.05, 3.63) is 29.8 Å². The van der Waals surface area contributed by atoms with Crippen LogP contribution in [0.25, 0.3) is 0 Å². The fraction of sp³-hybridized carbons (Fsp3) is 0.588. The first kappa shape index (κ1) is 14.9. The lowest BCUT2D eigenvalue weighted by Crippen LogP contribution is -2.30. The van der Waals surface area contributed by atoms with E-state index in [1.165, 1.54) is 25.7 Å². The third-order valence-electron chi connectivity index (χ3n) is 4.23. The number of carbonyl (C=O) groups is 1. The highest BCUT2D eigenvalue weighted by molar-refractivity contribution is 5.94. The first-order chi connectivity index (χ1) is 9.37. The van der Waals surface area contributed by atoms with Crippen LogP contribution in [0.2, 0.25) is 0 Å². The fourth-order valence-electron chi connectivity index (χ4n) is 2.78. The number of hydrogen-bond donors (Lipinski definition) is 1. The lowest BCUT2D eigenvalue weighted by Gasteiger charge is -2.35. The van der Waals surface area contributed by atoms with Crippen molar-refractivity contribution in [2.24, 2.45) is 5.41 Å². The first-order valence-electron chi connectivity index (χ1n) is 7.46. The summed E-state index contributed by atoms with van der Waals surface area (Å²) in [5.41, 5.74) is 2.29. The Balaban J connectivity index is 2.00. The number of nitrogens with one attached hydrogen (secondary N) is 1. The molecule has 1 saturated carbocycles. The van der Waals surface area contributed by atoms with Gasteiger partial charge in [0.15, 0.2) is 0 Å². The zero-order chi connectivity index (χ0) is 14.8. The Morgan fingerprint density at radius 3 is 2.50 bits per heavy atom. The zero-order valence-corrected chi connectivity index (χ0v) is 13.1. The van der Waals surface area contributed by atoms with Gasteiger partial charge in [-0.3, -0.25) is 4.79 Å². The van der Waals surface area contributed by atoms with Crippen LogP contribution in [0.5, 0.6) is 0 Å². The maximum Gasteiger partial charge on any atom is 0.253 e. The monoisotopic (exact) mass is 274 g/mol. The van der Waals surface area contributed by atoms with Gasteiger partial charge in [0.05, 0.1) is 0 Å². The minimum atomic E-state index is 0.0541. The van der Waals surface area contributed by atoms with Crippen molar-refractivity contribution in [3.63, 3.8) is 0 Å². The molecule has 0 radical (unpaired) electrons. The predicted molar refractivity (Wildman–Crippen MR) is 84.1 cm³/mol. The second kappa shape index (κ2) is 5.86. The van der Waals surface area contributed by atoms with E-state index in [0.717, 1.165) is 11.3 Å². The average Bonchev–Trinajstić information content (AvgIpc) is 2.40. The van der Waals surface area contributed by atoms with Gasteiger partial charge in [-0.05, 0) is 49.3 Å². The quantitative estimate of drug-likeness (QED) is 0.910. The Bertz CT molecular complexity index is 470. The van der Waals surface area contributed by atoms with Gasteiger partial charge in [-0.2, -0.15) is 0 Å². The fourth-order valence-corrected chi connectivity index (χ4v) is 2.78. The molecule has 3 heteroatoms. The summed E-state index contributed by atoms with van der Waals surface area (Å²) in [5.74, 6) is 0.0541. The topological polar surface area (TPSA) is 32.3 Å². The second-order valence-corrected chi connectivity index (χ2v) is 6.86. The largest absolute Gasteiger partial charge is 0.382 e. The highest BCUT2D eigenvalue weighted by Gasteiger charge is 2.26. The molecule has 1 aromatic rings. The summed E-state index contributed by atoms with van der Waals surface area (Å²) in [6.45, 7) is 4.69. The van der Waals surface area contributed by atoms with Crippen LogP contribution in [-0.4, -0.2) is 30.9 Å². The molecule has 110 valence electrons. The van der Waals surface area contributed by atoms with Crippen molar-refractivity contribution in [3.8, 4) is 0 Å². The van der Waals surface area contributed by atoms with Crippen molar-refractivity contribution in [1.82, 2.24) is 4.90 Å². The summed E-state index contributed by atoms with van der Waals surface area (Å²) in [4.78, 5) is 13.6. The number of benzene rings is 1. The van der Waals surface area contributed by atoms with E-state index in [0.29, 0.717) is 11.5 Å². The van der Waals surface area contributed by atoms with Crippen molar-refractivity contribution in [1.29, 1.82) is 0 Å². The van der Waals surface area contributed by atoms with E-state index in [1.54, 1.807) is 19.0 Å². The average molecular weight is 274 g/mol. The molecule has 1 aliphatic rings. The van der Waals surface area contributed by atoms with E-state index in [1.807, 2.05) is 24.3 Å². The molecule has 3 nitrogen and oxygen atoms in total. The molecular weight excluding hydrogens is 248 g/mol. The molecule has 0 unspecified atom stereocenters. The molecule has 1 amide bonds. The SMILES string of the molecule is CN(C)C(=O)c1cccc(NC2CCC(C)(C)CC2)c1. The maximum atomic E-state index is 12.0. The molecule has 0 heterocycles. The summed E-state index contributed by atoms with van der Waals surface area (Å²) in [7, 11) is 3.57. The van der Waals surface area contributed by atoms with Gasteiger partial charge in [-0.1, -0.05) is 19.9 Å². The number of carbonyl (C=O) groups excluding carboxylic acids is 1. The molecule has 0 atom stereocenters. The third-order valence-corrected chi connectivity index (χ3v) is 4.23. The highest BCUT2D eigenvalue weighted by Crippen LogP contribution is 2.36. The second-order valence-electron chi connectivity index (χ2n) is 6.86. The summed E-state index contributed by atoms with van der Waals surface area (Å²) < 4.78 is 0. The highest BCUT2D eigenvalue weighted by atomic mass is 16.2. The maximum absolute atomic E-state index is 12.0. The number of anilines is 1. The van der Waals surface area contributed by atoms with E-state index < -0.39 is 0 Å². The van der Waals surface area contributed by atoms with Crippen LogP contribution in [0.1, 0.15) is 49.9 Å². The van der Waals surface area contributed by atoms with Gasteiger partial charge >= 0.3 is 0 Å². The number of amides is 1. The smallest absolute Gasteiger partial charge is 0.253 e. The molecule has 20 heavy (non-hydrogen) atoms. The van der Waals surface area contributed by atoms with Gasteiger partial charge in [-0.25, -0.2) is 0 Å². The standard InChI is InChI=1S/C17H26N2O/c1-17(2)10-8-14(9-11-17)18-15-7-5-6-13(12-15)16(20)19(3)4/h5-7,12,14,18H,8-11H2,1-4H3. The molecule has 1 fully saturated rings. The normalized spacial score (nSPS) is 18.6. The molecule has 0 aromatic heterocycles.